The molecule has 0 spiro atoms. The number of benzene rings is 2. The summed E-state index contributed by atoms with van der Waals surface area (Å²) in [5, 5.41) is 2.77. The molecular formula is C19H20FN3O3. The number of amides is 2. The van der Waals surface area contributed by atoms with E-state index >= 15 is 0 Å². The zero-order valence-electron chi connectivity index (χ0n) is 14.4. The van der Waals surface area contributed by atoms with E-state index in [9.17, 15) is 14.0 Å². The molecule has 1 aliphatic rings. The Morgan fingerprint density at radius 2 is 1.58 bits per heavy atom. The first kappa shape index (κ1) is 17.7. The number of carbonyl (C=O) groups excluding carboxylic acids is 2. The molecule has 1 N–H and O–H groups in total. The van der Waals surface area contributed by atoms with Gasteiger partial charge in [-0.3, -0.25) is 0 Å². The van der Waals surface area contributed by atoms with Crippen molar-refractivity contribution in [3.05, 3.63) is 59.9 Å². The molecule has 0 atom stereocenters. The van der Waals surface area contributed by atoms with Crippen molar-refractivity contribution in [3.8, 4) is 0 Å². The molecule has 0 saturated carbocycles. The van der Waals surface area contributed by atoms with Crippen LogP contribution in [0.2, 0.25) is 0 Å². The van der Waals surface area contributed by atoms with E-state index in [-0.39, 0.29) is 17.8 Å². The number of carbonyl (C=O) groups is 2. The molecule has 26 heavy (non-hydrogen) atoms. The number of nitrogens with one attached hydrogen (secondary N) is 1. The Kier molecular flexibility index (Phi) is 5.36. The summed E-state index contributed by atoms with van der Waals surface area (Å²) in [6.45, 7) is 2.53. The van der Waals surface area contributed by atoms with Gasteiger partial charge in [0.05, 0.1) is 12.7 Å². The minimum absolute atomic E-state index is 0.197. The number of halogens is 1. The molecule has 2 aromatic carbocycles. The number of rotatable bonds is 3. The van der Waals surface area contributed by atoms with Gasteiger partial charge in [0.25, 0.3) is 0 Å². The zero-order chi connectivity index (χ0) is 18.5. The average molecular weight is 357 g/mol. The van der Waals surface area contributed by atoms with Gasteiger partial charge in [-0.1, -0.05) is 0 Å². The number of hydrogen-bond donors (Lipinski definition) is 1. The summed E-state index contributed by atoms with van der Waals surface area (Å²) in [5.74, 6) is -0.700. The SMILES string of the molecule is COC(=O)c1ccc(N2CCN(C(=O)Nc3ccc(F)cc3)CC2)cc1. The van der Waals surface area contributed by atoms with Crippen LogP contribution in [0.3, 0.4) is 0 Å². The third-order valence-corrected chi connectivity index (χ3v) is 4.32. The van der Waals surface area contributed by atoms with E-state index in [0.717, 1.165) is 5.69 Å². The normalized spacial score (nSPS) is 14.1. The van der Waals surface area contributed by atoms with Gasteiger partial charge in [0, 0.05) is 37.6 Å². The predicted octanol–water partition coefficient (Wildman–Crippen LogP) is 2.97. The van der Waals surface area contributed by atoms with Gasteiger partial charge in [0.2, 0.25) is 0 Å². The fourth-order valence-electron chi connectivity index (χ4n) is 2.83. The maximum absolute atomic E-state index is 12.9. The van der Waals surface area contributed by atoms with E-state index in [1.165, 1.54) is 31.4 Å². The van der Waals surface area contributed by atoms with Crippen LogP contribution in [-0.4, -0.2) is 50.2 Å². The second-order valence-corrected chi connectivity index (χ2v) is 5.95. The van der Waals surface area contributed by atoms with Crippen molar-refractivity contribution in [3.63, 3.8) is 0 Å². The van der Waals surface area contributed by atoms with E-state index in [2.05, 4.69) is 10.2 Å². The molecule has 1 aliphatic heterocycles. The standard InChI is InChI=1S/C19H20FN3O3/c1-26-18(24)14-2-8-17(9-3-14)22-10-12-23(13-11-22)19(25)21-16-6-4-15(20)5-7-16/h2-9H,10-13H2,1H3,(H,21,25). The lowest BCUT2D eigenvalue weighted by Crippen LogP contribution is -2.50. The van der Waals surface area contributed by atoms with Gasteiger partial charge in [-0.15, -0.1) is 0 Å². The van der Waals surface area contributed by atoms with Crippen molar-refractivity contribution in [1.82, 2.24) is 4.90 Å². The van der Waals surface area contributed by atoms with Crippen LogP contribution >= 0.6 is 0 Å². The molecule has 0 bridgehead atoms. The minimum Gasteiger partial charge on any atom is -0.465 e. The van der Waals surface area contributed by atoms with Crippen LogP contribution in [0.4, 0.5) is 20.6 Å². The first-order valence-electron chi connectivity index (χ1n) is 8.31. The number of hydrogen-bond acceptors (Lipinski definition) is 4. The first-order valence-corrected chi connectivity index (χ1v) is 8.31. The molecule has 0 unspecified atom stereocenters. The van der Waals surface area contributed by atoms with Crippen LogP contribution < -0.4 is 10.2 Å². The molecule has 7 heteroatoms. The summed E-state index contributed by atoms with van der Waals surface area (Å²) in [4.78, 5) is 27.7. The van der Waals surface area contributed by atoms with Gasteiger partial charge in [0.15, 0.2) is 0 Å². The molecule has 1 heterocycles. The van der Waals surface area contributed by atoms with Crippen LogP contribution in [-0.2, 0) is 4.74 Å². The van der Waals surface area contributed by atoms with Crippen molar-refractivity contribution < 1.29 is 18.7 Å². The zero-order valence-corrected chi connectivity index (χ0v) is 14.4. The summed E-state index contributed by atoms with van der Waals surface area (Å²) < 4.78 is 17.6. The van der Waals surface area contributed by atoms with Gasteiger partial charge in [-0.25, -0.2) is 14.0 Å². The fraction of sp³-hybridized carbons (Fsp3) is 0.263. The van der Waals surface area contributed by atoms with E-state index < -0.39 is 0 Å². The number of nitrogens with zero attached hydrogens (tertiary/aromatic N) is 2. The summed E-state index contributed by atoms with van der Waals surface area (Å²) in [7, 11) is 1.35. The van der Waals surface area contributed by atoms with Crippen molar-refractivity contribution in [1.29, 1.82) is 0 Å². The van der Waals surface area contributed by atoms with Gasteiger partial charge >= 0.3 is 12.0 Å². The lowest BCUT2D eigenvalue weighted by molar-refractivity contribution is 0.0600. The Hall–Kier alpha value is -3.09. The van der Waals surface area contributed by atoms with Crippen molar-refractivity contribution in [2.24, 2.45) is 0 Å². The number of esters is 1. The highest BCUT2D eigenvalue weighted by Gasteiger charge is 2.21. The smallest absolute Gasteiger partial charge is 0.337 e. The Balaban J connectivity index is 1.54. The molecule has 0 aliphatic carbocycles. The number of urea groups is 1. The highest BCUT2D eigenvalue weighted by atomic mass is 19.1. The molecule has 2 amide bonds. The molecule has 136 valence electrons. The molecule has 3 rings (SSSR count). The third-order valence-electron chi connectivity index (χ3n) is 4.32. The molecule has 0 aromatic heterocycles. The number of ether oxygens (including phenoxy) is 1. The van der Waals surface area contributed by atoms with Gasteiger partial charge in [0.1, 0.15) is 5.82 Å². The van der Waals surface area contributed by atoms with Gasteiger partial charge in [-0.05, 0) is 48.5 Å². The third kappa shape index (κ3) is 4.11. The molecule has 0 radical (unpaired) electrons. The summed E-state index contributed by atoms with van der Waals surface area (Å²) in [5.41, 5.74) is 2.07. The Bertz CT molecular complexity index is 770. The van der Waals surface area contributed by atoms with E-state index in [4.69, 9.17) is 4.74 Å². The Morgan fingerprint density at radius 3 is 2.15 bits per heavy atom. The molecule has 1 fully saturated rings. The van der Waals surface area contributed by atoms with Crippen LogP contribution in [0, 0.1) is 5.82 Å². The topological polar surface area (TPSA) is 61.9 Å². The minimum atomic E-state index is -0.362. The quantitative estimate of drug-likeness (QED) is 0.858. The summed E-state index contributed by atoms with van der Waals surface area (Å²) in [6.07, 6.45) is 0. The monoisotopic (exact) mass is 357 g/mol. The second kappa shape index (κ2) is 7.86. The van der Waals surface area contributed by atoms with Crippen molar-refractivity contribution in [2.45, 2.75) is 0 Å². The van der Waals surface area contributed by atoms with Gasteiger partial charge < -0.3 is 19.9 Å². The van der Waals surface area contributed by atoms with Crippen LogP contribution in [0.15, 0.2) is 48.5 Å². The average Bonchev–Trinajstić information content (AvgIpc) is 2.69. The Labute approximate surface area is 151 Å². The fourth-order valence-corrected chi connectivity index (χ4v) is 2.83. The number of piperazine rings is 1. The maximum Gasteiger partial charge on any atom is 0.337 e. The van der Waals surface area contributed by atoms with Crippen LogP contribution in [0.25, 0.3) is 0 Å². The second-order valence-electron chi connectivity index (χ2n) is 5.95. The highest BCUT2D eigenvalue weighted by molar-refractivity contribution is 5.90. The van der Waals surface area contributed by atoms with E-state index in [1.807, 2.05) is 12.1 Å². The molecule has 1 saturated heterocycles. The van der Waals surface area contributed by atoms with Crippen molar-refractivity contribution in [2.75, 3.05) is 43.5 Å². The van der Waals surface area contributed by atoms with E-state index in [0.29, 0.717) is 37.4 Å². The molecule has 6 nitrogen and oxygen atoms in total. The van der Waals surface area contributed by atoms with Crippen LogP contribution in [0.5, 0.6) is 0 Å². The van der Waals surface area contributed by atoms with Crippen molar-refractivity contribution >= 4 is 23.4 Å². The molecular weight excluding hydrogens is 337 g/mol. The summed E-state index contributed by atoms with van der Waals surface area (Å²) in [6, 6.07) is 12.7. The summed E-state index contributed by atoms with van der Waals surface area (Å²) >= 11 is 0. The first-order chi connectivity index (χ1) is 12.6. The Morgan fingerprint density at radius 1 is 0.962 bits per heavy atom. The van der Waals surface area contributed by atoms with Gasteiger partial charge in [-0.2, -0.15) is 0 Å². The maximum atomic E-state index is 12.9. The van der Waals surface area contributed by atoms with Crippen LogP contribution in [0.1, 0.15) is 10.4 Å². The van der Waals surface area contributed by atoms with E-state index in [1.54, 1.807) is 17.0 Å². The number of anilines is 2. The molecule has 2 aromatic rings. The lowest BCUT2D eigenvalue weighted by atomic mass is 10.2. The number of methoxy groups -OCH3 is 1. The highest BCUT2D eigenvalue weighted by Crippen LogP contribution is 2.18. The largest absolute Gasteiger partial charge is 0.465 e. The predicted molar refractivity (Wildman–Crippen MR) is 97.0 cm³/mol. The lowest BCUT2D eigenvalue weighted by Gasteiger charge is -2.36.